The third-order valence-electron chi connectivity index (χ3n) is 5.62. The fourth-order valence-electron chi connectivity index (χ4n) is 3.94. The molecule has 1 atom stereocenters. The zero-order chi connectivity index (χ0) is 22.7. The second-order valence-corrected chi connectivity index (χ2v) is 11.3. The number of carbonyl (C=O) groups excluding carboxylic acids is 1. The van der Waals surface area contributed by atoms with Gasteiger partial charge in [-0.25, -0.2) is 17.5 Å². The molecule has 2 aromatic rings. The molecule has 1 fully saturated rings. The summed E-state index contributed by atoms with van der Waals surface area (Å²) in [4.78, 5) is 17.2. The molecule has 1 saturated heterocycles. The maximum Gasteiger partial charge on any atom is 0.240 e. The molecule has 0 aliphatic carbocycles. The summed E-state index contributed by atoms with van der Waals surface area (Å²) < 4.78 is 42.2. The Morgan fingerprint density at radius 2 is 1.91 bits per heavy atom. The summed E-state index contributed by atoms with van der Waals surface area (Å²) in [7, 11) is -3.69. The number of benzene rings is 2. The molecule has 2 aliphatic rings. The lowest BCUT2D eigenvalue weighted by molar-refractivity contribution is -0.116. The van der Waals surface area contributed by atoms with E-state index in [9.17, 15) is 17.6 Å². The summed E-state index contributed by atoms with van der Waals surface area (Å²) in [5, 5.41) is 2.94. The Morgan fingerprint density at radius 3 is 2.66 bits per heavy atom. The van der Waals surface area contributed by atoms with E-state index in [1.54, 1.807) is 36.0 Å². The first-order chi connectivity index (χ1) is 15.3. The monoisotopic (exact) mass is 478 g/mol. The molecule has 0 saturated carbocycles. The number of fused-ring (bicyclic) bond motifs is 1. The largest absolute Gasteiger partial charge is 0.367 e. The van der Waals surface area contributed by atoms with E-state index in [0.29, 0.717) is 37.4 Å². The second kappa shape index (κ2) is 9.78. The Balaban J connectivity index is 1.31. The first-order valence-corrected chi connectivity index (χ1v) is 13.0. The fourth-order valence-corrected chi connectivity index (χ4v) is 6.04. The molecule has 2 aliphatic heterocycles. The number of thioether (sulfide) groups is 1. The van der Waals surface area contributed by atoms with Gasteiger partial charge in [0.1, 0.15) is 5.82 Å². The summed E-state index contributed by atoms with van der Waals surface area (Å²) in [5.41, 5.74) is 1.15. The van der Waals surface area contributed by atoms with Crippen LogP contribution in [0.15, 0.2) is 52.3 Å². The van der Waals surface area contributed by atoms with E-state index in [-0.39, 0.29) is 28.4 Å². The number of hydrogen-bond donors (Lipinski definition) is 2. The minimum atomic E-state index is -3.69. The normalized spacial score (nSPS) is 19.9. The topological polar surface area (TPSA) is 81.7 Å². The van der Waals surface area contributed by atoms with Gasteiger partial charge in [-0.1, -0.05) is 19.1 Å². The SMILES string of the molecule is C[C@H]1CC(=O)Nc2cc(S(=O)(=O)NCCN3CCN(c4ccccc4F)CC3)ccc2S1. The number of piperazine rings is 1. The van der Waals surface area contributed by atoms with Crippen LogP contribution < -0.4 is 14.9 Å². The summed E-state index contributed by atoms with van der Waals surface area (Å²) in [6.07, 6.45) is 0.393. The third kappa shape index (κ3) is 5.43. The number of nitrogens with one attached hydrogen (secondary N) is 2. The van der Waals surface area contributed by atoms with Crippen LogP contribution in [-0.4, -0.2) is 63.7 Å². The molecule has 2 aromatic carbocycles. The highest BCUT2D eigenvalue weighted by Gasteiger charge is 2.23. The van der Waals surface area contributed by atoms with E-state index in [1.165, 1.54) is 12.1 Å². The Bertz CT molecular complexity index is 1090. The van der Waals surface area contributed by atoms with Gasteiger partial charge in [0.15, 0.2) is 0 Å². The number of sulfonamides is 1. The van der Waals surface area contributed by atoms with Crippen molar-refractivity contribution in [3.05, 3.63) is 48.3 Å². The van der Waals surface area contributed by atoms with E-state index in [2.05, 4.69) is 14.9 Å². The average Bonchev–Trinajstić information content (AvgIpc) is 2.90. The smallest absolute Gasteiger partial charge is 0.240 e. The van der Waals surface area contributed by atoms with E-state index >= 15 is 0 Å². The van der Waals surface area contributed by atoms with Gasteiger partial charge in [-0.05, 0) is 30.3 Å². The number of halogens is 1. The minimum absolute atomic E-state index is 0.110. The predicted octanol–water partition coefficient (Wildman–Crippen LogP) is 2.75. The zero-order valence-corrected chi connectivity index (χ0v) is 19.5. The van der Waals surface area contributed by atoms with Gasteiger partial charge < -0.3 is 10.2 Å². The lowest BCUT2D eigenvalue weighted by Crippen LogP contribution is -2.48. The van der Waals surface area contributed by atoms with E-state index in [0.717, 1.165) is 18.0 Å². The lowest BCUT2D eigenvalue weighted by Gasteiger charge is -2.36. The highest BCUT2D eigenvalue weighted by molar-refractivity contribution is 8.00. The van der Waals surface area contributed by atoms with Gasteiger partial charge in [-0.15, -0.1) is 11.8 Å². The van der Waals surface area contributed by atoms with E-state index in [4.69, 9.17) is 0 Å². The Morgan fingerprint density at radius 1 is 1.16 bits per heavy atom. The highest BCUT2D eigenvalue weighted by atomic mass is 32.2. The molecule has 32 heavy (non-hydrogen) atoms. The number of rotatable bonds is 6. The van der Waals surface area contributed by atoms with Crippen molar-refractivity contribution in [2.24, 2.45) is 0 Å². The molecule has 172 valence electrons. The minimum Gasteiger partial charge on any atom is -0.367 e. The number of carbonyl (C=O) groups is 1. The predicted molar refractivity (Wildman–Crippen MR) is 125 cm³/mol. The highest BCUT2D eigenvalue weighted by Crippen LogP contribution is 2.36. The maximum atomic E-state index is 14.0. The summed E-state index contributed by atoms with van der Waals surface area (Å²) in [6.45, 7) is 5.66. The summed E-state index contributed by atoms with van der Waals surface area (Å²) in [5.74, 6) is -0.334. The molecule has 0 spiro atoms. The third-order valence-corrected chi connectivity index (χ3v) is 8.26. The molecule has 0 unspecified atom stereocenters. The van der Waals surface area contributed by atoms with Crippen LogP contribution in [0.25, 0.3) is 0 Å². The first-order valence-electron chi connectivity index (χ1n) is 10.6. The molecule has 2 N–H and O–H groups in total. The lowest BCUT2D eigenvalue weighted by atomic mass is 10.2. The average molecular weight is 479 g/mol. The van der Waals surface area contributed by atoms with Crippen LogP contribution in [0.4, 0.5) is 15.8 Å². The number of amides is 1. The van der Waals surface area contributed by atoms with Crippen molar-refractivity contribution < 1.29 is 17.6 Å². The molecule has 0 aromatic heterocycles. The van der Waals surface area contributed by atoms with Crippen LogP contribution in [0.1, 0.15) is 13.3 Å². The molecule has 0 bridgehead atoms. The molecule has 1 amide bonds. The maximum absolute atomic E-state index is 14.0. The number of anilines is 2. The van der Waals surface area contributed by atoms with Crippen LogP contribution in [0, 0.1) is 5.82 Å². The van der Waals surface area contributed by atoms with Crippen LogP contribution >= 0.6 is 11.8 Å². The zero-order valence-electron chi connectivity index (χ0n) is 17.9. The first kappa shape index (κ1) is 23.0. The van der Waals surface area contributed by atoms with Crippen molar-refractivity contribution in [3.63, 3.8) is 0 Å². The molecular weight excluding hydrogens is 451 g/mol. The molecular formula is C22H27FN4O3S2. The van der Waals surface area contributed by atoms with Gasteiger partial charge in [0.2, 0.25) is 15.9 Å². The molecule has 10 heteroatoms. The van der Waals surface area contributed by atoms with Gasteiger partial charge in [-0.2, -0.15) is 0 Å². The van der Waals surface area contributed by atoms with E-state index in [1.807, 2.05) is 17.9 Å². The molecule has 2 heterocycles. The Hall–Kier alpha value is -2.14. The van der Waals surface area contributed by atoms with Crippen LogP contribution in [0.3, 0.4) is 0 Å². The number of hydrogen-bond acceptors (Lipinski definition) is 6. The molecule has 7 nitrogen and oxygen atoms in total. The fraction of sp³-hybridized carbons (Fsp3) is 0.409. The van der Waals surface area contributed by atoms with Gasteiger partial charge >= 0.3 is 0 Å². The van der Waals surface area contributed by atoms with Crippen molar-refractivity contribution in [1.29, 1.82) is 0 Å². The second-order valence-electron chi connectivity index (χ2n) is 8.02. The van der Waals surface area contributed by atoms with Gasteiger partial charge in [0, 0.05) is 55.8 Å². The quantitative estimate of drug-likeness (QED) is 0.665. The standard InChI is InChI=1S/C22H27FN4O3S2/c1-16-14-22(28)25-19-15-17(6-7-21(19)31-16)32(29,30)24-8-9-26-10-12-27(13-11-26)20-5-3-2-4-18(20)23/h2-7,15-16,24H,8-14H2,1H3,(H,25,28)/t16-/m0/s1. The van der Waals surface area contributed by atoms with Crippen LogP contribution in [-0.2, 0) is 14.8 Å². The van der Waals surface area contributed by atoms with Crippen molar-refractivity contribution in [2.75, 3.05) is 49.5 Å². The van der Waals surface area contributed by atoms with Crippen molar-refractivity contribution in [2.45, 2.75) is 28.4 Å². The van der Waals surface area contributed by atoms with Crippen molar-refractivity contribution >= 4 is 39.1 Å². The van der Waals surface area contributed by atoms with Crippen LogP contribution in [0.2, 0.25) is 0 Å². The van der Waals surface area contributed by atoms with Crippen LogP contribution in [0.5, 0.6) is 0 Å². The summed E-state index contributed by atoms with van der Waals surface area (Å²) >= 11 is 1.56. The summed E-state index contributed by atoms with van der Waals surface area (Å²) in [6, 6.07) is 11.6. The van der Waals surface area contributed by atoms with Crippen molar-refractivity contribution in [3.8, 4) is 0 Å². The number of para-hydroxylation sites is 1. The van der Waals surface area contributed by atoms with Gasteiger partial charge in [-0.3, -0.25) is 9.69 Å². The molecule has 4 rings (SSSR count). The molecule has 0 radical (unpaired) electrons. The Kier molecular flexibility index (Phi) is 7.04. The van der Waals surface area contributed by atoms with Gasteiger partial charge in [0.25, 0.3) is 0 Å². The van der Waals surface area contributed by atoms with Gasteiger partial charge in [0.05, 0.1) is 16.3 Å². The van der Waals surface area contributed by atoms with E-state index < -0.39 is 10.0 Å². The Labute approximate surface area is 192 Å². The van der Waals surface area contributed by atoms with Crippen molar-refractivity contribution in [1.82, 2.24) is 9.62 Å². The number of nitrogens with zero attached hydrogens (tertiary/aromatic N) is 2.